The second-order valence-electron chi connectivity index (χ2n) is 6.90. The molecule has 4 rings (SSSR count). The molecular formula is C20H22N4O3S. The molecule has 7 nitrogen and oxygen atoms in total. The molecule has 0 aliphatic carbocycles. The molecule has 0 spiro atoms. The topological polar surface area (TPSA) is 88.2 Å². The summed E-state index contributed by atoms with van der Waals surface area (Å²) >= 11 is 0. The first-order valence-electron chi connectivity index (χ1n) is 9.07. The Labute approximate surface area is 164 Å². The van der Waals surface area contributed by atoms with Gasteiger partial charge < -0.3 is 9.72 Å². The summed E-state index contributed by atoms with van der Waals surface area (Å²) in [5, 5.41) is 0. The van der Waals surface area contributed by atoms with Crippen molar-refractivity contribution in [2.75, 3.05) is 26.0 Å². The number of rotatable bonds is 5. The van der Waals surface area contributed by atoms with E-state index in [1.807, 2.05) is 30.5 Å². The summed E-state index contributed by atoms with van der Waals surface area (Å²) < 4.78 is 29.0. The van der Waals surface area contributed by atoms with Crippen molar-refractivity contribution in [3.8, 4) is 11.3 Å². The molecule has 1 aliphatic rings. The summed E-state index contributed by atoms with van der Waals surface area (Å²) in [6.07, 6.45) is 6.58. The maximum Gasteiger partial charge on any atom is 0.175 e. The van der Waals surface area contributed by atoms with Crippen molar-refractivity contribution >= 4 is 9.84 Å². The number of imidazole rings is 1. The minimum atomic E-state index is -3.18. The molecule has 0 saturated carbocycles. The van der Waals surface area contributed by atoms with Crippen molar-refractivity contribution in [2.45, 2.75) is 17.5 Å². The number of sulfone groups is 1. The second kappa shape index (κ2) is 7.83. The molecule has 1 atom stereocenters. The lowest BCUT2D eigenvalue weighted by atomic mass is 10.1. The fourth-order valence-electron chi connectivity index (χ4n) is 3.33. The number of aromatic amines is 1. The van der Waals surface area contributed by atoms with Crippen LogP contribution in [0.2, 0.25) is 0 Å². The summed E-state index contributed by atoms with van der Waals surface area (Å²) in [6, 6.07) is 10.9. The quantitative estimate of drug-likeness (QED) is 0.710. The van der Waals surface area contributed by atoms with Crippen molar-refractivity contribution in [3.63, 3.8) is 0 Å². The van der Waals surface area contributed by atoms with Crippen molar-refractivity contribution in [3.05, 3.63) is 66.4 Å². The second-order valence-corrected chi connectivity index (χ2v) is 8.92. The van der Waals surface area contributed by atoms with Gasteiger partial charge in [0.15, 0.2) is 9.84 Å². The lowest BCUT2D eigenvalue weighted by Gasteiger charge is -2.34. The molecule has 8 heteroatoms. The molecule has 2 aromatic heterocycles. The molecule has 1 saturated heterocycles. The Morgan fingerprint density at radius 2 is 2.04 bits per heavy atom. The van der Waals surface area contributed by atoms with Crippen molar-refractivity contribution < 1.29 is 13.2 Å². The molecule has 0 amide bonds. The summed E-state index contributed by atoms with van der Waals surface area (Å²) in [4.78, 5) is 14.7. The first-order valence-corrected chi connectivity index (χ1v) is 11.0. The fraction of sp³-hybridized carbons (Fsp3) is 0.300. The first kappa shape index (κ1) is 18.8. The van der Waals surface area contributed by atoms with Crippen LogP contribution in [0.5, 0.6) is 0 Å². The van der Waals surface area contributed by atoms with E-state index in [1.54, 1.807) is 24.5 Å². The standard InChI is InChI=1S/C20H22N4O3S/c1-28(25,26)17-6-4-15(5-7-17)13-24-9-10-27-14-19(24)20-22-12-18(23-20)16-3-2-8-21-11-16/h2-8,11-12,19H,9-10,13-14H2,1H3,(H,22,23)/t19-/m0/s1. The van der Waals surface area contributed by atoms with E-state index in [0.29, 0.717) is 24.7 Å². The normalized spacial score (nSPS) is 18.2. The number of aromatic nitrogens is 3. The molecular weight excluding hydrogens is 376 g/mol. The van der Waals surface area contributed by atoms with Gasteiger partial charge in [-0.2, -0.15) is 0 Å². The number of hydrogen-bond acceptors (Lipinski definition) is 6. The van der Waals surface area contributed by atoms with Crippen LogP contribution in [0.3, 0.4) is 0 Å². The SMILES string of the molecule is CS(=O)(=O)c1ccc(CN2CCOC[C@H]2c2ncc(-c3cccnc3)[nH]2)cc1. The lowest BCUT2D eigenvalue weighted by molar-refractivity contribution is -0.0156. The van der Waals surface area contributed by atoms with E-state index in [9.17, 15) is 8.42 Å². The highest BCUT2D eigenvalue weighted by Crippen LogP contribution is 2.26. The minimum absolute atomic E-state index is 0.00811. The van der Waals surface area contributed by atoms with Crippen LogP contribution in [0.15, 0.2) is 59.9 Å². The van der Waals surface area contributed by atoms with E-state index in [2.05, 4.69) is 19.9 Å². The number of benzene rings is 1. The smallest absolute Gasteiger partial charge is 0.175 e. The Morgan fingerprint density at radius 1 is 1.21 bits per heavy atom. The van der Waals surface area contributed by atoms with Gasteiger partial charge in [0.05, 0.1) is 36.0 Å². The third kappa shape index (κ3) is 4.14. The molecule has 1 N–H and O–H groups in total. The van der Waals surface area contributed by atoms with Crippen molar-refractivity contribution in [2.24, 2.45) is 0 Å². The van der Waals surface area contributed by atoms with Crippen LogP contribution >= 0.6 is 0 Å². The zero-order valence-corrected chi connectivity index (χ0v) is 16.4. The third-order valence-corrected chi connectivity index (χ3v) is 5.99. The van der Waals surface area contributed by atoms with Crippen LogP contribution in [-0.4, -0.2) is 54.3 Å². The molecule has 3 heterocycles. The van der Waals surface area contributed by atoms with Crippen LogP contribution < -0.4 is 0 Å². The van der Waals surface area contributed by atoms with Gasteiger partial charge in [0.25, 0.3) is 0 Å². The average molecular weight is 398 g/mol. The van der Waals surface area contributed by atoms with Gasteiger partial charge in [0.1, 0.15) is 5.82 Å². The molecule has 28 heavy (non-hydrogen) atoms. The number of ether oxygens (including phenoxy) is 1. The maximum absolute atomic E-state index is 11.6. The Hall–Kier alpha value is -2.55. The van der Waals surface area contributed by atoms with Gasteiger partial charge in [-0.25, -0.2) is 13.4 Å². The summed E-state index contributed by atoms with van der Waals surface area (Å²) in [7, 11) is -3.18. The molecule has 1 aromatic carbocycles. The molecule has 1 fully saturated rings. The van der Waals surface area contributed by atoms with E-state index in [4.69, 9.17) is 4.74 Å². The first-order chi connectivity index (χ1) is 13.5. The molecule has 0 bridgehead atoms. The number of morpholine rings is 1. The Bertz CT molecular complexity index is 1030. The van der Waals surface area contributed by atoms with Gasteiger partial charge in [-0.15, -0.1) is 0 Å². The number of nitrogens with zero attached hydrogens (tertiary/aromatic N) is 3. The highest BCUT2D eigenvalue weighted by Gasteiger charge is 2.27. The van der Waals surface area contributed by atoms with E-state index < -0.39 is 9.84 Å². The van der Waals surface area contributed by atoms with E-state index >= 15 is 0 Å². The molecule has 146 valence electrons. The summed E-state index contributed by atoms with van der Waals surface area (Å²) in [5.41, 5.74) is 2.96. The van der Waals surface area contributed by atoms with Crippen molar-refractivity contribution in [1.29, 1.82) is 0 Å². The zero-order valence-electron chi connectivity index (χ0n) is 15.6. The Morgan fingerprint density at radius 3 is 2.75 bits per heavy atom. The third-order valence-electron chi connectivity index (χ3n) is 4.86. The highest BCUT2D eigenvalue weighted by atomic mass is 32.2. The van der Waals surface area contributed by atoms with E-state index in [1.165, 1.54) is 6.26 Å². The van der Waals surface area contributed by atoms with E-state index in [-0.39, 0.29) is 6.04 Å². The predicted molar refractivity (Wildman–Crippen MR) is 105 cm³/mol. The van der Waals surface area contributed by atoms with Gasteiger partial charge in [-0.1, -0.05) is 12.1 Å². The van der Waals surface area contributed by atoms with E-state index in [0.717, 1.165) is 29.2 Å². The van der Waals surface area contributed by atoms with Gasteiger partial charge >= 0.3 is 0 Å². The lowest BCUT2D eigenvalue weighted by Crippen LogP contribution is -2.39. The molecule has 3 aromatic rings. The van der Waals surface area contributed by atoms with Gasteiger partial charge in [0, 0.05) is 37.3 Å². The number of nitrogens with one attached hydrogen (secondary N) is 1. The van der Waals surface area contributed by atoms with Crippen LogP contribution in [0, 0.1) is 0 Å². The number of H-pyrrole nitrogens is 1. The zero-order chi connectivity index (χ0) is 19.6. The average Bonchev–Trinajstić information content (AvgIpc) is 3.19. The number of hydrogen-bond donors (Lipinski definition) is 1. The molecule has 1 aliphatic heterocycles. The summed E-state index contributed by atoms with van der Waals surface area (Å²) in [5.74, 6) is 0.853. The van der Waals surface area contributed by atoms with Crippen LogP contribution in [0.1, 0.15) is 17.4 Å². The fourth-order valence-corrected chi connectivity index (χ4v) is 3.96. The van der Waals surface area contributed by atoms with Crippen LogP contribution in [-0.2, 0) is 21.1 Å². The number of pyridine rings is 1. The van der Waals surface area contributed by atoms with Crippen LogP contribution in [0.4, 0.5) is 0 Å². The highest BCUT2D eigenvalue weighted by molar-refractivity contribution is 7.90. The van der Waals surface area contributed by atoms with Gasteiger partial charge in [-0.05, 0) is 29.8 Å². The largest absolute Gasteiger partial charge is 0.378 e. The molecule has 0 radical (unpaired) electrons. The van der Waals surface area contributed by atoms with Crippen LogP contribution in [0.25, 0.3) is 11.3 Å². The predicted octanol–water partition coefficient (Wildman–Crippen LogP) is 2.45. The Balaban J connectivity index is 1.53. The van der Waals surface area contributed by atoms with Gasteiger partial charge in [0.2, 0.25) is 0 Å². The monoisotopic (exact) mass is 398 g/mol. The van der Waals surface area contributed by atoms with Crippen molar-refractivity contribution in [1.82, 2.24) is 19.9 Å². The van der Waals surface area contributed by atoms with Gasteiger partial charge in [-0.3, -0.25) is 9.88 Å². The minimum Gasteiger partial charge on any atom is -0.378 e. The maximum atomic E-state index is 11.6. The Kier molecular flexibility index (Phi) is 5.25. The molecule has 0 unspecified atom stereocenters. The summed E-state index contributed by atoms with van der Waals surface area (Å²) in [6.45, 7) is 2.69.